The lowest BCUT2D eigenvalue weighted by atomic mass is 9.91. The largest absolute Gasteiger partial charge is 0.397 e. The highest BCUT2D eigenvalue weighted by molar-refractivity contribution is 7.80. The minimum absolute atomic E-state index is 0.113. The maximum absolute atomic E-state index is 11.2. The molecule has 0 radical (unpaired) electrons. The molecule has 2 aliphatic heterocycles. The molecule has 0 aromatic carbocycles. The van der Waals surface area contributed by atoms with Crippen molar-refractivity contribution < 1.29 is 76.2 Å². The van der Waals surface area contributed by atoms with Gasteiger partial charge in [-0.2, -0.15) is 8.42 Å². The first kappa shape index (κ1) is 67.5. The van der Waals surface area contributed by atoms with Crippen LogP contribution in [0.1, 0.15) is 198 Å². The van der Waals surface area contributed by atoms with Crippen molar-refractivity contribution in [3.05, 3.63) is 0 Å². The summed E-state index contributed by atoms with van der Waals surface area (Å²) in [6.07, 6.45) is 6.83. The molecule has 2 saturated heterocycles. The van der Waals surface area contributed by atoms with Crippen LogP contribution in [-0.4, -0.2) is 151 Å². The molecule has 2 rings (SSSR count). The number of aliphatic hydroxyl groups excluding tert-OH is 6. The Morgan fingerprint density at radius 3 is 1.31 bits per heavy atom. The predicted molar refractivity (Wildman–Crippen MR) is 280 cm³/mol. The fourth-order valence-corrected chi connectivity index (χ4v) is 10.3. The third-order valence-electron chi connectivity index (χ3n) is 15.2. The molecule has 430 valence electrons. The molecule has 16 nitrogen and oxygen atoms in total. The van der Waals surface area contributed by atoms with Gasteiger partial charge in [0, 0.05) is 13.2 Å². The second kappa shape index (κ2) is 37.2. The average Bonchev–Trinajstić information content (AvgIpc) is 3.30. The molecule has 72 heavy (non-hydrogen) atoms. The summed E-state index contributed by atoms with van der Waals surface area (Å²) in [5.41, 5.74) is 0. The van der Waals surface area contributed by atoms with E-state index in [0.717, 1.165) is 55.8 Å². The summed E-state index contributed by atoms with van der Waals surface area (Å²) in [4.78, 5) is 0. The van der Waals surface area contributed by atoms with Crippen molar-refractivity contribution in [3.63, 3.8) is 0 Å². The van der Waals surface area contributed by atoms with E-state index in [1.165, 1.54) is 96.3 Å². The Morgan fingerprint density at radius 1 is 0.472 bits per heavy atom. The number of rotatable bonds is 42. The Kier molecular flexibility index (Phi) is 34.9. The summed E-state index contributed by atoms with van der Waals surface area (Å²) in [5.74, 6) is 5.46. The summed E-state index contributed by atoms with van der Waals surface area (Å²) in [5, 5.41) is 63.9. The van der Waals surface area contributed by atoms with E-state index < -0.39 is 91.1 Å². The van der Waals surface area contributed by atoms with Crippen LogP contribution >= 0.6 is 0 Å². The first-order chi connectivity index (χ1) is 34.0. The summed E-state index contributed by atoms with van der Waals surface area (Å²) in [6, 6.07) is 0. The Bertz CT molecular complexity index is 1440. The normalized spacial score (nSPS) is 28.3. The van der Waals surface area contributed by atoms with Crippen molar-refractivity contribution in [3.8, 4) is 0 Å². The molecular weight excluding hydrogens is 949 g/mol. The summed E-state index contributed by atoms with van der Waals surface area (Å²) < 4.78 is 71.9. The molecule has 2 fully saturated rings. The lowest BCUT2D eigenvalue weighted by Gasteiger charge is -2.46. The van der Waals surface area contributed by atoms with Crippen LogP contribution in [0.2, 0.25) is 0 Å². The van der Waals surface area contributed by atoms with Gasteiger partial charge in [0.1, 0.15) is 54.9 Å². The maximum atomic E-state index is 11.2. The summed E-state index contributed by atoms with van der Waals surface area (Å²) in [6.45, 7) is 22.6. The zero-order valence-corrected chi connectivity index (χ0v) is 47.4. The van der Waals surface area contributed by atoms with Crippen LogP contribution in [0.4, 0.5) is 0 Å². The first-order valence-electron chi connectivity index (χ1n) is 28.4. The zero-order valence-electron chi connectivity index (χ0n) is 46.6. The predicted octanol–water partition coefficient (Wildman–Crippen LogP) is 8.79. The van der Waals surface area contributed by atoms with E-state index in [1.54, 1.807) is 0 Å². The second-order valence-corrected chi connectivity index (χ2v) is 24.6. The van der Waals surface area contributed by atoms with Crippen LogP contribution in [0.25, 0.3) is 0 Å². The minimum atomic E-state index is -4.96. The monoisotopic (exact) mass is 1060 g/mol. The second-order valence-electron chi connectivity index (χ2n) is 23.5. The lowest BCUT2D eigenvalue weighted by Crippen LogP contribution is -2.64. The molecule has 0 spiro atoms. The van der Waals surface area contributed by atoms with Crippen LogP contribution in [0.3, 0.4) is 0 Å². The van der Waals surface area contributed by atoms with Gasteiger partial charge in [0.15, 0.2) is 12.6 Å². The average molecular weight is 1060 g/mol. The van der Waals surface area contributed by atoms with Gasteiger partial charge in [0.2, 0.25) is 0 Å². The smallest absolute Gasteiger partial charge is 0.394 e. The Hall–Kier alpha value is -0.610. The van der Waals surface area contributed by atoms with Gasteiger partial charge in [-0.1, -0.05) is 185 Å². The first-order valence-corrected chi connectivity index (χ1v) is 29.8. The summed E-state index contributed by atoms with van der Waals surface area (Å²) in [7, 11) is -4.96. The third-order valence-corrected chi connectivity index (χ3v) is 15.6. The molecule has 0 aromatic heterocycles. The van der Waals surface area contributed by atoms with Crippen molar-refractivity contribution in [1.82, 2.24) is 0 Å². The van der Waals surface area contributed by atoms with Crippen molar-refractivity contribution in [2.75, 3.05) is 39.6 Å². The van der Waals surface area contributed by atoms with Crippen LogP contribution in [0, 0.1) is 47.3 Å². The molecule has 7 N–H and O–H groups in total. The molecule has 0 bridgehead atoms. The van der Waals surface area contributed by atoms with E-state index in [9.17, 15) is 39.1 Å². The molecule has 2 aliphatic rings. The van der Waals surface area contributed by atoms with Gasteiger partial charge in [-0.15, -0.1) is 0 Å². The van der Waals surface area contributed by atoms with Gasteiger partial charge in [0.25, 0.3) is 0 Å². The fraction of sp³-hybridized carbons (Fsp3) is 1.00. The molecule has 0 saturated carbocycles. The molecule has 17 heteroatoms. The van der Waals surface area contributed by atoms with Crippen LogP contribution in [0.5, 0.6) is 0 Å². The van der Waals surface area contributed by atoms with E-state index >= 15 is 0 Å². The molecule has 0 aliphatic carbocycles. The van der Waals surface area contributed by atoms with Crippen LogP contribution in [-0.2, 0) is 43.0 Å². The SMILES string of the molecule is CC(C)CCCC(C)CCCC(C)CCCC(C)CCOC[C@@H](CO[C@H]1O[C@H](CO)[C@@H](O)C(O)C1O[C@H]1O[C@H](COS(=O)(=O)O)[C@@H](O)C(O)C1O)OCCC(C)CCCC(C)CCCC(C)CCCC(C)C. The standard InChI is InChI=1S/C55H108O16S/c1-37(2)17-11-19-39(5)21-13-23-41(7)25-15-27-43(9)29-31-65-34-45(66-32-30-44(10)28-16-26-42(8)24-14-22-40(6)20-12-18-38(3)4)35-67-55-53(51(60)48(57)46(33-56)69-55)71-54-52(61)50(59)49(58)47(70-54)36-68-72(62,63)64/h37-61H,11-36H2,1-10H3,(H,62,63,64)/t39?,40?,41?,42?,43?,44?,45-,46+,47+,48+,49+,50?,51?,52?,53?,54+,55-/m0/s1. The van der Waals surface area contributed by atoms with Crippen molar-refractivity contribution in [2.45, 2.75) is 265 Å². The van der Waals surface area contributed by atoms with Gasteiger partial charge in [-0.25, -0.2) is 4.18 Å². The van der Waals surface area contributed by atoms with Crippen LogP contribution in [0.15, 0.2) is 0 Å². The summed E-state index contributed by atoms with van der Waals surface area (Å²) >= 11 is 0. The minimum Gasteiger partial charge on any atom is -0.394 e. The molecule has 0 aromatic rings. The van der Waals surface area contributed by atoms with E-state index in [-0.39, 0.29) is 13.2 Å². The van der Waals surface area contributed by atoms with Crippen molar-refractivity contribution in [2.24, 2.45) is 47.3 Å². The van der Waals surface area contributed by atoms with E-state index in [4.69, 9.17) is 33.0 Å². The van der Waals surface area contributed by atoms with E-state index in [2.05, 4.69) is 73.4 Å². The fourth-order valence-electron chi connectivity index (χ4n) is 9.97. The van der Waals surface area contributed by atoms with Gasteiger partial charge in [-0.05, 0) is 60.2 Å². The number of aliphatic hydroxyl groups is 6. The van der Waals surface area contributed by atoms with E-state index in [0.29, 0.717) is 36.9 Å². The van der Waals surface area contributed by atoms with Gasteiger partial charge in [-0.3, -0.25) is 4.55 Å². The molecule has 10 unspecified atom stereocenters. The van der Waals surface area contributed by atoms with Gasteiger partial charge >= 0.3 is 10.4 Å². The Labute approximate surface area is 437 Å². The highest BCUT2D eigenvalue weighted by Gasteiger charge is 2.51. The van der Waals surface area contributed by atoms with Gasteiger partial charge < -0.3 is 59.1 Å². The topological polar surface area (TPSA) is 240 Å². The number of hydrogen-bond acceptors (Lipinski definition) is 15. The molecule has 17 atom stereocenters. The van der Waals surface area contributed by atoms with Crippen LogP contribution < -0.4 is 0 Å². The molecule has 0 amide bonds. The highest BCUT2D eigenvalue weighted by atomic mass is 32.3. The lowest BCUT2D eigenvalue weighted by molar-refractivity contribution is -0.368. The highest BCUT2D eigenvalue weighted by Crippen LogP contribution is 2.31. The van der Waals surface area contributed by atoms with E-state index in [1.807, 2.05) is 0 Å². The third kappa shape index (κ3) is 29.2. The van der Waals surface area contributed by atoms with Crippen molar-refractivity contribution >= 4 is 10.4 Å². The van der Waals surface area contributed by atoms with Crippen molar-refractivity contribution in [1.29, 1.82) is 0 Å². The molecule has 2 heterocycles. The van der Waals surface area contributed by atoms with Gasteiger partial charge in [0.05, 0.1) is 26.4 Å². The number of hydrogen-bond donors (Lipinski definition) is 7. The maximum Gasteiger partial charge on any atom is 0.397 e. The Balaban J connectivity index is 2.00. The quantitative estimate of drug-likeness (QED) is 0.0223. The zero-order chi connectivity index (χ0) is 53.8. The number of ether oxygens (including phenoxy) is 6. The molecular formula is C55H108O16S. The Morgan fingerprint density at radius 2 is 0.875 bits per heavy atom.